The second-order valence-corrected chi connectivity index (χ2v) is 5.33. The first-order valence-corrected chi connectivity index (χ1v) is 7.02. The van der Waals surface area contributed by atoms with E-state index in [0.717, 1.165) is 49.6 Å². The van der Waals surface area contributed by atoms with E-state index in [1.807, 2.05) is 18.2 Å². The Kier molecular flexibility index (Phi) is 4.71. The zero-order chi connectivity index (χ0) is 14.5. The number of nitrogens with zero attached hydrogens (tertiary/aromatic N) is 1. The fourth-order valence-corrected chi connectivity index (χ4v) is 2.59. The van der Waals surface area contributed by atoms with Crippen LogP contribution in [0.3, 0.4) is 0 Å². The minimum atomic E-state index is 0.0491. The molecule has 20 heavy (non-hydrogen) atoms. The van der Waals surface area contributed by atoms with Crippen molar-refractivity contribution in [3.05, 3.63) is 18.2 Å². The average molecular weight is 277 g/mol. The molecule has 1 amide bonds. The van der Waals surface area contributed by atoms with Crippen LogP contribution in [0.15, 0.2) is 18.2 Å². The number of nitrogens with two attached hydrogens (primary N) is 1. The van der Waals surface area contributed by atoms with E-state index >= 15 is 0 Å². The molecule has 3 N–H and O–H groups in total. The van der Waals surface area contributed by atoms with Crippen molar-refractivity contribution in [1.82, 2.24) is 5.32 Å². The third-order valence-electron chi connectivity index (χ3n) is 3.77. The minimum absolute atomic E-state index is 0.0491. The number of ether oxygens (including phenoxy) is 1. The Labute approximate surface area is 120 Å². The predicted molar refractivity (Wildman–Crippen MR) is 81.0 cm³/mol. The van der Waals surface area contributed by atoms with Gasteiger partial charge in [0.2, 0.25) is 5.91 Å². The number of methoxy groups -OCH3 is 1. The van der Waals surface area contributed by atoms with Crippen LogP contribution >= 0.6 is 0 Å². The number of nitrogens with one attached hydrogen (secondary N) is 1. The lowest BCUT2D eigenvalue weighted by Crippen LogP contribution is -2.38. The highest BCUT2D eigenvalue weighted by Crippen LogP contribution is 2.28. The van der Waals surface area contributed by atoms with Crippen LogP contribution in [0.2, 0.25) is 0 Å². The van der Waals surface area contributed by atoms with Crippen molar-refractivity contribution in [3.8, 4) is 5.75 Å². The molecule has 0 radical (unpaired) electrons. The van der Waals surface area contributed by atoms with Crippen molar-refractivity contribution in [2.24, 2.45) is 5.92 Å². The van der Waals surface area contributed by atoms with Gasteiger partial charge in [-0.1, -0.05) is 0 Å². The van der Waals surface area contributed by atoms with Gasteiger partial charge in [0.25, 0.3) is 0 Å². The largest absolute Gasteiger partial charge is 0.497 e. The fraction of sp³-hybridized carbons (Fsp3) is 0.533. The van der Waals surface area contributed by atoms with Gasteiger partial charge in [-0.3, -0.25) is 4.79 Å². The number of piperidine rings is 1. The summed E-state index contributed by atoms with van der Waals surface area (Å²) in [4.78, 5) is 13.3. The van der Waals surface area contributed by atoms with Gasteiger partial charge in [0.1, 0.15) is 5.75 Å². The highest BCUT2D eigenvalue weighted by molar-refractivity contribution is 5.72. The molecule has 0 aliphatic carbocycles. The number of carbonyl (C=O) groups excluding carboxylic acids is 1. The monoisotopic (exact) mass is 277 g/mol. The summed E-state index contributed by atoms with van der Waals surface area (Å²) in [6.07, 6.45) is 2.16. The van der Waals surface area contributed by atoms with E-state index in [1.54, 1.807) is 14.0 Å². The van der Waals surface area contributed by atoms with Gasteiger partial charge in [0, 0.05) is 50.1 Å². The molecule has 2 rings (SSSR count). The van der Waals surface area contributed by atoms with Crippen LogP contribution < -0.4 is 20.7 Å². The van der Waals surface area contributed by atoms with E-state index in [9.17, 15) is 4.79 Å². The third kappa shape index (κ3) is 3.79. The maximum Gasteiger partial charge on any atom is 0.216 e. The molecule has 1 aromatic carbocycles. The topological polar surface area (TPSA) is 67.6 Å². The highest BCUT2D eigenvalue weighted by Gasteiger charge is 2.20. The van der Waals surface area contributed by atoms with Crippen LogP contribution in [0.5, 0.6) is 5.75 Å². The van der Waals surface area contributed by atoms with Crippen molar-refractivity contribution in [1.29, 1.82) is 0 Å². The minimum Gasteiger partial charge on any atom is -0.497 e. The molecule has 0 aromatic heterocycles. The Bertz CT molecular complexity index is 468. The Morgan fingerprint density at radius 3 is 2.70 bits per heavy atom. The SMILES string of the molecule is COc1cc(N)cc(N2CCC(CNC(C)=O)CC2)c1. The van der Waals surface area contributed by atoms with Gasteiger partial charge in [0.05, 0.1) is 7.11 Å². The van der Waals surface area contributed by atoms with Gasteiger partial charge in [0.15, 0.2) is 0 Å². The molecule has 1 aromatic rings. The lowest BCUT2D eigenvalue weighted by Gasteiger charge is -2.34. The van der Waals surface area contributed by atoms with Crippen LogP contribution in [0.25, 0.3) is 0 Å². The summed E-state index contributed by atoms with van der Waals surface area (Å²) in [5.74, 6) is 1.41. The van der Waals surface area contributed by atoms with Gasteiger partial charge in [-0.05, 0) is 24.8 Å². The van der Waals surface area contributed by atoms with Crippen molar-refractivity contribution < 1.29 is 9.53 Å². The number of anilines is 2. The lowest BCUT2D eigenvalue weighted by molar-refractivity contribution is -0.119. The Balaban J connectivity index is 1.93. The maximum atomic E-state index is 10.9. The predicted octanol–water partition coefficient (Wildman–Crippen LogP) is 1.63. The normalized spacial score (nSPS) is 16.0. The summed E-state index contributed by atoms with van der Waals surface area (Å²) in [6.45, 7) is 4.31. The summed E-state index contributed by atoms with van der Waals surface area (Å²) >= 11 is 0. The molecule has 0 atom stereocenters. The molecule has 0 saturated carbocycles. The number of nitrogen functional groups attached to an aromatic ring is 1. The van der Waals surface area contributed by atoms with E-state index in [-0.39, 0.29) is 5.91 Å². The maximum absolute atomic E-state index is 10.9. The standard InChI is InChI=1S/C15H23N3O2/c1-11(19)17-10-12-3-5-18(6-4-12)14-7-13(16)8-15(9-14)20-2/h7-9,12H,3-6,10,16H2,1-2H3,(H,17,19). The third-order valence-corrected chi connectivity index (χ3v) is 3.77. The van der Waals surface area contributed by atoms with Gasteiger partial charge in [-0.25, -0.2) is 0 Å². The quantitative estimate of drug-likeness (QED) is 0.821. The first-order chi connectivity index (χ1) is 9.58. The van der Waals surface area contributed by atoms with Crippen molar-refractivity contribution >= 4 is 17.3 Å². The van der Waals surface area contributed by atoms with E-state index in [4.69, 9.17) is 10.5 Å². The van der Waals surface area contributed by atoms with Crippen LogP contribution in [0.4, 0.5) is 11.4 Å². The number of carbonyl (C=O) groups is 1. The Morgan fingerprint density at radius 2 is 2.10 bits per heavy atom. The summed E-state index contributed by atoms with van der Waals surface area (Å²) in [5.41, 5.74) is 7.73. The number of rotatable bonds is 4. The first-order valence-electron chi connectivity index (χ1n) is 7.02. The van der Waals surface area contributed by atoms with E-state index in [0.29, 0.717) is 5.92 Å². The number of hydrogen-bond acceptors (Lipinski definition) is 4. The van der Waals surface area contributed by atoms with Crippen molar-refractivity contribution in [2.45, 2.75) is 19.8 Å². The molecule has 110 valence electrons. The van der Waals surface area contributed by atoms with Crippen molar-refractivity contribution in [3.63, 3.8) is 0 Å². The molecule has 1 aliphatic rings. The van der Waals surface area contributed by atoms with Gasteiger partial charge in [-0.15, -0.1) is 0 Å². The van der Waals surface area contributed by atoms with Crippen LogP contribution in [0, 0.1) is 5.92 Å². The molecule has 5 heteroatoms. The fourth-order valence-electron chi connectivity index (χ4n) is 2.59. The summed E-state index contributed by atoms with van der Waals surface area (Å²) in [5, 5.41) is 2.90. The van der Waals surface area contributed by atoms with E-state index in [2.05, 4.69) is 10.2 Å². The molecule has 1 aliphatic heterocycles. The molecule has 1 heterocycles. The zero-order valence-electron chi connectivity index (χ0n) is 12.2. The smallest absolute Gasteiger partial charge is 0.216 e. The van der Waals surface area contributed by atoms with Gasteiger partial charge >= 0.3 is 0 Å². The number of hydrogen-bond donors (Lipinski definition) is 2. The molecular weight excluding hydrogens is 254 g/mol. The highest BCUT2D eigenvalue weighted by atomic mass is 16.5. The Morgan fingerprint density at radius 1 is 1.40 bits per heavy atom. The van der Waals surface area contributed by atoms with E-state index < -0.39 is 0 Å². The second kappa shape index (κ2) is 6.50. The zero-order valence-corrected chi connectivity index (χ0v) is 12.2. The first kappa shape index (κ1) is 14.5. The number of benzene rings is 1. The molecule has 1 fully saturated rings. The summed E-state index contributed by atoms with van der Waals surface area (Å²) < 4.78 is 5.26. The van der Waals surface area contributed by atoms with Crippen LogP contribution in [0.1, 0.15) is 19.8 Å². The second-order valence-electron chi connectivity index (χ2n) is 5.33. The van der Waals surface area contributed by atoms with Gasteiger partial charge in [-0.2, -0.15) is 0 Å². The molecule has 0 unspecified atom stereocenters. The average Bonchev–Trinajstić information content (AvgIpc) is 2.45. The Hall–Kier alpha value is -1.91. The molecule has 1 saturated heterocycles. The molecule has 0 spiro atoms. The van der Waals surface area contributed by atoms with Crippen LogP contribution in [-0.2, 0) is 4.79 Å². The molecule has 5 nitrogen and oxygen atoms in total. The molecular formula is C15H23N3O2. The van der Waals surface area contributed by atoms with Gasteiger partial charge < -0.3 is 20.7 Å². The van der Waals surface area contributed by atoms with Crippen molar-refractivity contribution in [2.75, 3.05) is 37.4 Å². The van der Waals surface area contributed by atoms with Crippen LogP contribution in [-0.4, -0.2) is 32.7 Å². The number of amides is 1. The summed E-state index contributed by atoms with van der Waals surface area (Å²) in [6, 6.07) is 5.83. The van der Waals surface area contributed by atoms with E-state index in [1.165, 1.54) is 0 Å². The lowest BCUT2D eigenvalue weighted by atomic mass is 9.96. The molecule has 0 bridgehead atoms. The summed E-state index contributed by atoms with van der Waals surface area (Å²) in [7, 11) is 1.65.